The predicted molar refractivity (Wildman–Crippen MR) is 148 cm³/mol. The molecule has 0 bridgehead atoms. The summed E-state index contributed by atoms with van der Waals surface area (Å²) in [5.74, 6) is -2.25. The second kappa shape index (κ2) is 12.4. The number of piperidine rings is 1. The van der Waals surface area contributed by atoms with Gasteiger partial charge in [-0.2, -0.15) is 18.2 Å². The fourth-order valence-electron chi connectivity index (χ4n) is 5.37. The van der Waals surface area contributed by atoms with Crippen LogP contribution in [0.2, 0.25) is 0 Å². The van der Waals surface area contributed by atoms with E-state index >= 15 is 0 Å². The topological polar surface area (TPSA) is 133 Å². The van der Waals surface area contributed by atoms with Crippen LogP contribution >= 0.6 is 0 Å². The highest BCUT2D eigenvalue weighted by Crippen LogP contribution is 2.35. The van der Waals surface area contributed by atoms with Gasteiger partial charge in [0.25, 0.3) is 11.9 Å². The third kappa shape index (κ3) is 6.95. The quantitative estimate of drug-likeness (QED) is 0.394. The zero-order valence-corrected chi connectivity index (χ0v) is 23.5. The van der Waals surface area contributed by atoms with Gasteiger partial charge in [-0.25, -0.2) is 9.78 Å². The lowest BCUT2D eigenvalue weighted by Crippen LogP contribution is -2.35. The van der Waals surface area contributed by atoms with Crippen molar-refractivity contribution in [1.29, 1.82) is 0 Å². The van der Waals surface area contributed by atoms with Gasteiger partial charge in [0.05, 0.1) is 11.1 Å². The van der Waals surface area contributed by atoms with Crippen LogP contribution in [0.25, 0.3) is 0 Å². The Morgan fingerprint density at radius 1 is 1.00 bits per heavy atom. The van der Waals surface area contributed by atoms with E-state index in [0.717, 1.165) is 12.8 Å². The van der Waals surface area contributed by atoms with E-state index in [0.29, 0.717) is 57.1 Å². The number of aromatic nitrogens is 3. The molecule has 0 saturated carbocycles. The molecule has 14 heteroatoms. The number of ketones is 1. The molecule has 0 aromatic carbocycles. The molecule has 0 aliphatic carbocycles. The van der Waals surface area contributed by atoms with E-state index in [1.807, 2.05) is 11.8 Å². The van der Waals surface area contributed by atoms with E-state index in [-0.39, 0.29) is 35.4 Å². The minimum atomic E-state index is -4.84. The van der Waals surface area contributed by atoms with Crippen molar-refractivity contribution in [3.05, 3.63) is 64.9 Å². The molecule has 0 radical (unpaired) electrons. The highest BCUT2D eigenvalue weighted by atomic mass is 19.4. The Morgan fingerprint density at radius 3 is 2.47 bits per heavy atom. The number of carbonyl (C=O) groups is 3. The highest BCUT2D eigenvalue weighted by molar-refractivity contribution is 5.97. The first-order valence-electron chi connectivity index (χ1n) is 14.0. The van der Waals surface area contributed by atoms with Crippen LogP contribution in [0.5, 0.6) is 0 Å². The largest absolute Gasteiger partial charge is 0.478 e. The number of anilines is 2. The lowest BCUT2D eigenvalue weighted by atomic mass is 10.0. The van der Waals surface area contributed by atoms with Gasteiger partial charge in [-0.15, -0.1) is 0 Å². The number of nitrogens with zero attached hydrogens (tertiary/aromatic N) is 6. The van der Waals surface area contributed by atoms with Gasteiger partial charge in [-0.05, 0) is 42.9 Å². The van der Waals surface area contributed by atoms with Gasteiger partial charge in [-0.1, -0.05) is 13.0 Å². The fourth-order valence-corrected chi connectivity index (χ4v) is 5.37. The molecular formula is C29H31F3N6O5. The molecule has 2 aliphatic rings. The van der Waals surface area contributed by atoms with E-state index in [9.17, 15) is 32.7 Å². The van der Waals surface area contributed by atoms with Crippen molar-refractivity contribution < 1.29 is 37.1 Å². The summed E-state index contributed by atoms with van der Waals surface area (Å²) in [6.45, 7) is 4.89. The molecule has 43 heavy (non-hydrogen) atoms. The van der Waals surface area contributed by atoms with Crippen molar-refractivity contribution in [3.63, 3.8) is 0 Å². The zero-order valence-electron chi connectivity index (χ0n) is 23.5. The normalized spacial score (nSPS) is 18.0. The third-order valence-corrected chi connectivity index (χ3v) is 7.58. The van der Waals surface area contributed by atoms with E-state index in [1.165, 1.54) is 24.7 Å². The van der Waals surface area contributed by atoms with Crippen LogP contribution < -0.4 is 9.80 Å². The number of halogens is 3. The molecule has 11 nitrogen and oxygen atoms in total. The van der Waals surface area contributed by atoms with Crippen LogP contribution in [0.1, 0.15) is 68.7 Å². The lowest BCUT2D eigenvalue weighted by molar-refractivity contribution is -0.141. The number of amides is 1. The number of hydrogen-bond acceptors (Lipinski definition) is 9. The van der Waals surface area contributed by atoms with E-state index in [1.54, 1.807) is 21.9 Å². The first-order valence-corrected chi connectivity index (χ1v) is 14.0. The lowest BCUT2D eigenvalue weighted by Gasteiger charge is -2.29. The second-order valence-corrected chi connectivity index (χ2v) is 10.9. The summed E-state index contributed by atoms with van der Waals surface area (Å²) in [5.41, 5.74) is -0.771. The zero-order chi connectivity index (χ0) is 30.7. The summed E-state index contributed by atoms with van der Waals surface area (Å²) < 4.78 is 46.7. The molecule has 3 aromatic heterocycles. The van der Waals surface area contributed by atoms with Gasteiger partial charge in [0.15, 0.2) is 5.69 Å². The Balaban J connectivity index is 1.23. The van der Waals surface area contributed by atoms with Gasteiger partial charge in [0.2, 0.25) is 11.5 Å². The van der Waals surface area contributed by atoms with Crippen LogP contribution in [0.3, 0.4) is 0 Å². The van der Waals surface area contributed by atoms with Crippen LogP contribution in [0.4, 0.5) is 25.0 Å². The standard InChI is InChI=1S/C29H31F3N6O5/c1-18-4-2-7-38(17-18)28-35-25(29(30,31)32)24(43-28)22(39)12-19-5-6-23(34-14-19)36-8-3-9-37(11-10-36)26(40)20-13-21(27(41)42)16-33-15-20/h5-6,13-16,18H,2-4,7-12,17H2,1H3,(H,41,42). The SMILES string of the molecule is CC1CCCN(c2nc(C(F)(F)F)c(C(=O)Cc3ccc(N4CCCN(C(=O)c5cncc(C(=O)O)c5)CC4)nc3)o2)C1. The molecule has 1 N–H and O–H groups in total. The van der Waals surface area contributed by atoms with Crippen LogP contribution in [0, 0.1) is 5.92 Å². The van der Waals surface area contributed by atoms with Crippen molar-refractivity contribution in [1.82, 2.24) is 19.9 Å². The number of carbonyl (C=O) groups excluding carboxylic acids is 2. The van der Waals surface area contributed by atoms with E-state index in [4.69, 9.17) is 4.42 Å². The number of pyridine rings is 2. The molecular weight excluding hydrogens is 569 g/mol. The Labute approximate surface area is 245 Å². The number of alkyl halides is 3. The van der Waals surface area contributed by atoms with E-state index < -0.39 is 29.4 Å². The minimum Gasteiger partial charge on any atom is -0.478 e. The van der Waals surface area contributed by atoms with Crippen molar-refractivity contribution in [3.8, 4) is 0 Å². The molecule has 228 valence electrons. The van der Waals surface area contributed by atoms with Crippen molar-refractivity contribution in [2.75, 3.05) is 49.1 Å². The molecule has 0 spiro atoms. The number of oxazole rings is 1. The highest BCUT2D eigenvalue weighted by Gasteiger charge is 2.42. The minimum absolute atomic E-state index is 0.0694. The molecule has 5 heterocycles. The summed E-state index contributed by atoms with van der Waals surface area (Å²) in [4.78, 5) is 54.4. The molecule has 1 amide bonds. The van der Waals surface area contributed by atoms with Crippen molar-refractivity contribution in [2.24, 2.45) is 5.92 Å². The summed E-state index contributed by atoms with van der Waals surface area (Å²) in [5, 5.41) is 9.18. The Bertz CT molecular complexity index is 1490. The maximum Gasteiger partial charge on any atom is 0.437 e. The molecule has 2 fully saturated rings. The van der Waals surface area contributed by atoms with Crippen molar-refractivity contribution in [2.45, 2.75) is 38.8 Å². The second-order valence-electron chi connectivity index (χ2n) is 10.9. The molecule has 2 saturated heterocycles. The molecule has 1 atom stereocenters. The third-order valence-electron chi connectivity index (χ3n) is 7.58. The fraction of sp³-hybridized carbons (Fsp3) is 0.448. The van der Waals surface area contributed by atoms with Crippen LogP contribution in [-0.2, 0) is 12.6 Å². The summed E-state index contributed by atoms with van der Waals surface area (Å²) in [6.07, 6.45) is 1.18. The first-order chi connectivity index (χ1) is 20.5. The van der Waals surface area contributed by atoms with Gasteiger partial charge in [0, 0.05) is 64.3 Å². The molecule has 3 aromatic rings. The smallest absolute Gasteiger partial charge is 0.437 e. The van der Waals surface area contributed by atoms with E-state index in [2.05, 4.69) is 15.0 Å². The van der Waals surface area contributed by atoms with Gasteiger partial charge >= 0.3 is 12.1 Å². The maximum absolute atomic E-state index is 13.8. The number of carboxylic acid groups (broad SMARTS) is 1. The van der Waals surface area contributed by atoms with Gasteiger partial charge < -0.3 is 24.2 Å². The maximum atomic E-state index is 13.8. The van der Waals surface area contributed by atoms with Gasteiger partial charge in [-0.3, -0.25) is 14.6 Å². The number of carboxylic acids is 1. The number of Topliss-reactive ketones (excluding diaryl/α,β-unsaturated/α-hetero) is 1. The van der Waals surface area contributed by atoms with Crippen molar-refractivity contribution >= 4 is 29.5 Å². The molecule has 2 aliphatic heterocycles. The monoisotopic (exact) mass is 600 g/mol. The molecule has 5 rings (SSSR count). The molecule has 1 unspecified atom stereocenters. The van der Waals surface area contributed by atoms with Crippen LogP contribution in [0.15, 0.2) is 41.2 Å². The van der Waals surface area contributed by atoms with Crippen LogP contribution in [-0.4, -0.2) is 81.9 Å². The predicted octanol–water partition coefficient (Wildman–Crippen LogP) is 4.20. The number of aromatic carboxylic acids is 1. The number of rotatable bonds is 7. The number of hydrogen-bond donors (Lipinski definition) is 1. The Kier molecular flexibility index (Phi) is 8.64. The summed E-state index contributed by atoms with van der Waals surface area (Å²) >= 11 is 0. The summed E-state index contributed by atoms with van der Waals surface area (Å²) in [7, 11) is 0. The average Bonchev–Trinajstić information content (AvgIpc) is 3.31. The Morgan fingerprint density at radius 2 is 1.77 bits per heavy atom. The Hall–Kier alpha value is -4.49. The average molecular weight is 601 g/mol. The van der Waals surface area contributed by atoms with Gasteiger partial charge in [0.1, 0.15) is 5.82 Å². The first kappa shape index (κ1) is 30.0. The summed E-state index contributed by atoms with van der Waals surface area (Å²) in [6, 6.07) is 4.43.